The SMILES string of the molecule is CCN(C(=O)c1c(N)cnn1C)C(C)c1ccc(F)cc1. The number of amides is 1. The number of carbonyl (C=O) groups excluding carboxylic acids is 1. The number of anilines is 1. The molecule has 0 bridgehead atoms. The molecule has 0 saturated carbocycles. The fourth-order valence-electron chi connectivity index (χ4n) is 2.37. The number of nitrogen functional groups attached to an aromatic ring is 1. The van der Waals surface area contributed by atoms with Gasteiger partial charge in [0.05, 0.1) is 17.9 Å². The average molecular weight is 290 g/mol. The third kappa shape index (κ3) is 2.89. The maximum Gasteiger partial charge on any atom is 0.274 e. The highest BCUT2D eigenvalue weighted by Gasteiger charge is 2.25. The Kier molecular flexibility index (Phi) is 4.26. The van der Waals surface area contributed by atoms with E-state index in [0.29, 0.717) is 17.9 Å². The highest BCUT2D eigenvalue weighted by molar-refractivity contribution is 5.97. The van der Waals surface area contributed by atoms with Crippen molar-refractivity contribution in [2.45, 2.75) is 19.9 Å². The minimum atomic E-state index is -0.295. The molecule has 112 valence electrons. The van der Waals surface area contributed by atoms with E-state index in [9.17, 15) is 9.18 Å². The molecule has 0 saturated heterocycles. The minimum Gasteiger partial charge on any atom is -0.396 e. The Morgan fingerprint density at radius 2 is 2.05 bits per heavy atom. The summed E-state index contributed by atoms with van der Waals surface area (Å²) in [5, 5.41) is 3.99. The molecule has 2 aromatic rings. The van der Waals surface area contributed by atoms with Gasteiger partial charge >= 0.3 is 0 Å². The standard InChI is InChI=1S/C15H19FN4O/c1-4-20(10(2)11-5-7-12(16)8-6-11)15(21)14-13(17)9-18-19(14)3/h5-10H,4,17H2,1-3H3. The zero-order valence-electron chi connectivity index (χ0n) is 12.4. The zero-order valence-corrected chi connectivity index (χ0v) is 12.4. The van der Waals surface area contributed by atoms with Crippen molar-refractivity contribution >= 4 is 11.6 Å². The van der Waals surface area contributed by atoms with Crippen molar-refractivity contribution in [1.29, 1.82) is 0 Å². The van der Waals surface area contributed by atoms with Crippen LogP contribution in [0.3, 0.4) is 0 Å². The second kappa shape index (κ2) is 5.95. The number of rotatable bonds is 4. The van der Waals surface area contributed by atoms with E-state index in [0.717, 1.165) is 5.56 Å². The molecule has 6 heteroatoms. The van der Waals surface area contributed by atoms with E-state index >= 15 is 0 Å². The first-order chi connectivity index (χ1) is 9.95. The molecule has 0 aliphatic carbocycles. The van der Waals surface area contributed by atoms with Crippen LogP contribution in [0.1, 0.15) is 35.9 Å². The molecule has 1 aromatic carbocycles. The molecule has 1 aromatic heterocycles. The molecule has 0 radical (unpaired) electrons. The largest absolute Gasteiger partial charge is 0.396 e. The summed E-state index contributed by atoms with van der Waals surface area (Å²) in [4.78, 5) is 14.4. The number of aryl methyl sites for hydroxylation is 1. The van der Waals surface area contributed by atoms with Crippen molar-refractivity contribution < 1.29 is 9.18 Å². The van der Waals surface area contributed by atoms with Crippen LogP contribution in [0.15, 0.2) is 30.5 Å². The Hall–Kier alpha value is -2.37. The van der Waals surface area contributed by atoms with Gasteiger partial charge in [0.1, 0.15) is 11.5 Å². The van der Waals surface area contributed by atoms with E-state index in [2.05, 4.69) is 5.10 Å². The van der Waals surface area contributed by atoms with Gasteiger partial charge < -0.3 is 10.6 Å². The van der Waals surface area contributed by atoms with Gasteiger partial charge in [-0.2, -0.15) is 5.10 Å². The van der Waals surface area contributed by atoms with Crippen LogP contribution in [0, 0.1) is 5.82 Å². The van der Waals surface area contributed by atoms with Gasteiger partial charge in [-0.1, -0.05) is 12.1 Å². The molecular weight excluding hydrogens is 271 g/mol. The molecule has 1 heterocycles. The Labute approximate surface area is 123 Å². The number of nitrogens with zero attached hydrogens (tertiary/aromatic N) is 3. The van der Waals surface area contributed by atoms with Gasteiger partial charge in [0, 0.05) is 13.6 Å². The van der Waals surface area contributed by atoms with Gasteiger partial charge in [-0.25, -0.2) is 4.39 Å². The molecule has 0 spiro atoms. The Bertz CT molecular complexity index is 616. The van der Waals surface area contributed by atoms with Crippen molar-refractivity contribution in [1.82, 2.24) is 14.7 Å². The number of carbonyl (C=O) groups is 1. The molecule has 0 aliphatic heterocycles. The van der Waals surface area contributed by atoms with Crippen LogP contribution in [-0.4, -0.2) is 27.1 Å². The Balaban J connectivity index is 2.31. The summed E-state index contributed by atoms with van der Waals surface area (Å²) in [6.07, 6.45) is 1.46. The smallest absolute Gasteiger partial charge is 0.274 e. The first kappa shape index (κ1) is 15.0. The summed E-state index contributed by atoms with van der Waals surface area (Å²) < 4.78 is 14.5. The van der Waals surface area contributed by atoms with Crippen molar-refractivity contribution in [3.8, 4) is 0 Å². The van der Waals surface area contributed by atoms with E-state index in [1.165, 1.54) is 23.0 Å². The quantitative estimate of drug-likeness (QED) is 0.940. The van der Waals surface area contributed by atoms with Crippen LogP contribution in [0.4, 0.5) is 10.1 Å². The molecule has 1 atom stereocenters. The van der Waals surface area contributed by atoms with Gasteiger partial charge in [-0.15, -0.1) is 0 Å². The lowest BCUT2D eigenvalue weighted by atomic mass is 10.1. The minimum absolute atomic E-state index is 0.183. The lowest BCUT2D eigenvalue weighted by molar-refractivity contribution is 0.0692. The lowest BCUT2D eigenvalue weighted by Crippen LogP contribution is -2.35. The second-order valence-electron chi connectivity index (χ2n) is 4.89. The number of nitrogens with two attached hydrogens (primary N) is 1. The van der Waals surface area contributed by atoms with Crippen LogP contribution in [0.25, 0.3) is 0 Å². The average Bonchev–Trinajstić information content (AvgIpc) is 2.79. The molecule has 0 fully saturated rings. The highest BCUT2D eigenvalue weighted by atomic mass is 19.1. The second-order valence-corrected chi connectivity index (χ2v) is 4.89. The molecular formula is C15H19FN4O. The summed E-state index contributed by atoms with van der Waals surface area (Å²) in [6.45, 7) is 4.31. The zero-order chi connectivity index (χ0) is 15.6. The van der Waals surface area contributed by atoms with Crippen LogP contribution < -0.4 is 5.73 Å². The topological polar surface area (TPSA) is 64.2 Å². The van der Waals surface area contributed by atoms with E-state index in [4.69, 9.17) is 5.73 Å². The van der Waals surface area contributed by atoms with E-state index in [1.54, 1.807) is 24.1 Å². The third-order valence-corrected chi connectivity index (χ3v) is 3.59. The Morgan fingerprint density at radius 1 is 1.43 bits per heavy atom. The van der Waals surface area contributed by atoms with Gasteiger partial charge in [0.2, 0.25) is 0 Å². The maximum absolute atomic E-state index is 13.0. The number of hydrogen-bond acceptors (Lipinski definition) is 3. The molecule has 2 N–H and O–H groups in total. The first-order valence-electron chi connectivity index (χ1n) is 6.79. The summed E-state index contributed by atoms with van der Waals surface area (Å²) in [7, 11) is 1.68. The fourth-order valence-corrected chi connectivity index (χ4v) is 2.37. The highest BCUT2D eigenvalue weighted by Crippen LogP contribution is 2.23. The van der Waals surface area contributed by atoms with Crippen LogP contribution >= 0.6 is 0 Å². The van der Waals surface area contributed by atoms with Gasteiger partial charge in [0.15, 0.2) is 0 Å². The van der Waals surface area contributed by atoms with Gasteiger partial charge in [0.25, 0.3) is 5.91 Å². The summed E-state index contributed by atoms with van der Waals surface area (Å²) in [6, 6.07) is 5.97. The summed E-state index contributed by atoms with van der Waals surface area (Å²) in [5.41, 5.74) is 7.40. The monoisotopic (exact) mass is 290 g/mol. The van der Waals surface area contributed by atoms with Crippen molar-refractivity contribution in [3.63, 3.8) is 0 Å². The predicted octanol–water partition coefficient (Wildman–Crippen LogP) is 2.36. The molecule has 1 amide bonds. The number of hydrogen-bond donors (Lipinski definition) is 1. The number of halogens is 1. The molecule has 21 heavy (non-hydrogen) atoms. The Morgan fingerprint density at radius 3 is 2.52 bits per heavy atom. The maximum atomic E-state index is 13.0. The molecule has 5 nitrogen and oxygen atoms in total. The molecule has 1 unspecified atom stereocenters. The van der Waals surface area contributed by atoms with Crippen LogP contribution in [0.2, 0.25) is 0 Å². The van der Waals surface area contributed by atoms with Crippen LogP contribution in [0.5, 0.6) is 0 Å². The lowest BCUT2D eigenvalue weighted by Gasteiger charge is -2.28. The number of benzene rings is 1. The summed E-state index contributed by atoms with van der Waals surface area (Å²) in [5.74, 6) is -0.483. The van der Waals surface area contributed by atoms with Gasteiger partial charge in [-0.05, 0) is 31.5 Å². The van der Waals surface area contributed by atoms with Crippen molar-refractivity contribution in [2.24, 2.45) is 7.05 Å². The van der Waals surface area contributed by atoms with Gasteiger partial charge in [-0.3, -0.25) is 9.48 Å². The van der Waals surface area contributed by atoms with Crippen molar-refractivity contribution in [3.05, 3.63) is 47.5 Å². The fraction of sp³-hybridized carbons (Fsp3) is 0.333. The number of aromatic nitrogens is 2. The normalized spacial score (nSPS) is 12.2. The predicted molar refractivity (Wildman–Crippen MR) is 79.1 cm³/mol. The van der Waals surface area contributed by atoms with E-state index in [1.807, 2.05) is 13.8 Å². The molecule has 0 aliphatic rings. The van der Waals surface area contributed by atoms with E-state index in [-0.39, 0.29) is 17.8 Å². The van der Waals surface area contributed by atoms with E-state index < -0.39 is 0 Å². The van der Waals surface area contributed by atoms with Crippen LogP contribution in [-0.2, 0) is 7.05 Å². The summed E-state index contributed by atoms with van der Waals surface area (Å²) >= 11 is 0. The van der Waals surface area contributed by atoms with Crippen molar-refractivity contribution in [2.75, 3.05) is 12.3 Å². The molecule has 2 rings (SSSR count). The third-order valence-electron chi connectivity index (χ3n) is 3.59. The first-order valence-corrected chi connectivity index (χ1v) is 6.79.